The molecule has 0 radical (unpaired) electrons. The van der Waals surface area contributed by atoms with Crippen molar-refractivity contribution >= 4 is 15.9 Å². The molecule has 7 nitrogen and oxygen atoms in total. The third-order valence-electron chi connectivity index (χ3n) is 4.91. The summed E-state index contributed by atoms with van der Waals surface area (Å²) < 4.78 is 45.5. The maximum absolute atomic E-state index is 13.2. The van der Waals surface area contributed by atoms with Crippen LogP contribution in [0.2, 0.25) is 0 Å². The Morgan fingerprint density at radius 2 is 1.96 bits per heavy atom. The van der Waals surface area contributed by atoms with Crippen molar-refractivity contribution < 1.29 is 22.3 Å². The summed E-state index contributed by atoms with van der Waals surface area (Å²) in [5.41, 5.74) is 0.342. The van der Waals surface area contributed by atoms with Crippen LogP contribution in [0, 0.1) is 5.82 Å². The number of hydrogen-bond acceptors (Lipinski definition) is 5. The molecule has 9 heteroatoms. The number of nitrogens with one attached hydrogen (secondary N) is 1. The largest absolute Gasteiger partial charge is 0.376 e. The highest BCUT2D eigenvalue weighted by Gasteiger charge is 2.28. The molecule has 1 N–H and O–H groups in total. The number of rotatable bonds is 7. The summed E-state index contributed by atoms with van der Waals surface area (Å²) in [6.45, 7) is 3.23. The Morgan fingerprint density at radius 3 is 2.59 bits per heavy atom. The van der Waals surface area contributed by atoms with Crippen LogP contribution in [0.5, 0.6) is 0 Å². The first kappa shape index (κ1) is 20.2. The fourth-order valence-electron chi connectivity index (χ4n) is 3.36. The van der Waals surface area contributed by atoms with Crippen LogP contribution in [0.25, 0.3) is 0 Å². The number of halogens is 1. The van der Waals surface area contributed by atoms with E-state index in [-0.39, 0.29) is 24.3 Å². The summed E-state index contributed by atoms with van der Waals surface area (Å²) in [4.78, 5) is 14.4. The maximum atomic E-state index is 13.2. The van der Waals surface area contributed by atoms with Crippen molar-refractivity contribution in [2.45, 2.75) is 18.9 Å². The topological polar surface area (TPSA) is 79.0 Å². The van der Waals surface area contributed by atoms with Crippen LogP contribution in [0.3, 0.4) is 0 Å². The lowest BCUT2D eigenvalue weighted by atomic mass is 10.1. The molecule has 0 bridgehead atoms. The van der Waals surface area contributed by atoms with Crippen molar-refractivity contribution in [3.63, 3.8) is 0 Å². The molecule has 2 heterocycles. The molecule has 2 saturated heterocycles. The second-order valence-electron chi connectivity index (χ2n) is 6.86. The molecule has 3 rings (SSSR count). The first-order valence-electron chi connectivity index (χ1n) is 9.31. The van der Waals surface area contributed by atoms with E-state index >= 15 is 0 Å². The molecule has 1 aromatic rings. The number of piperazine rings is 1. The maximum Gasteiger partial charge on any atom is 0.253 e. The quantitative estimate of drug-likeness (QED) is 0.730. The van der Waals surface area contributed by atoms with E-state index in [0.29, 0.717) is 44.9 Å². The molecule has 2 fully saturated rings. The molecule has 150 valence electrons. The predicted octanol–water partition coefficient (Wildman–Crippen LogP) is 0.682. The van der Waals surface area contributed by atoms with Crippen LogP contribution in [-0.4, -0.2) is 81.3 Å². The van der Waals surface area contributed by atoms with Crippen LogP contribution in [0.15, 0.2) is 24.3 Å². The van der Waals surface area contributed by atoms with Crippen LogP contribution < -0.4 is 5.32 Å². The molecule has 2 aliphatic heterocycles. The van der Waals surface area contributed by atoms with Gasteiger partial charge in [0, 0.05) is 51.4 Å². The monoisotopic (exact) mass is 399 g/mol. The minimum absolute atomic E-state index is 0.0856. The number of hydrogen-bond donors (Lipinski definition) is 1. The minimum atomic E-state index is -3.44. The van der Waals surface area contributed by atoms with E-state index in [2.05, 4.69) is 5.32 Å². The average molecular weight is 399 g/mol. The Kier molecular flexibility index (Phi) is 6.80. The van der Waals surface area contributed by atoms with Crippen LogP contribution in [-0.2, 0) is 14.8 Å². The Bertz CT molecular complexity index is 729. The van der Waals surface area contributed by atoms with Crippen molar-refractivity contribution in [2.75, 3.05) is 51.6 Å². The van der Waals surface area contributed by atoms with Crippen LogP contribution in [0.4, 0.5) is 4.39 Å². The summed E-state index contributed by atoms with van der Waals surface area (Å²) in [6, 6.07) is 5.31. The number of carbonyl (C=O) groups excluding carboxylic acids is 1. The molecule has 0 saturated carbocycles. The number of ether oxygens (including phenoxy) is 1. The molecular formula is C18H26FN3O4S. The Hall–Kier alpha value is -1.55. The van der Waals surface area contributed by atoms with E-state index < -0.39 is 15.8 Å². The zero-order valence-corrected chi connectivity index (χ0v) is 16.1. The zero-order valence-electron chi connectivity index (χ0n) is 15.3. The fraction of sp³-hybridized carbons (Fsp3) is 0.611. The normalized spacial score (nSPS) is 21.3. The SMILES string of the molecule is O=C(c1ccc(F)cc1)N(CCS(=O)(=O)N1CCNCC1)C[C@H]1CCCO1. The van der Waals surface area contributed by atoms with Crippen molar-refractivity contribution in [1.82, 2.24) is 14.5 Å². The third kappa shape index (κ3) is 5.47. The van der Waals surface area contributed by atoms with Gasteiger partial charge in [0.1, 0.15) is 5.82 Å². The van der Waals surface area contributed by atoms with E-state index in [9.17, 15) is 17.6 Å². The van der Waals surface area contributed by atoms with Gasteiger partial charge in [0.05, 0.1) is 11.9 Å². The van der Waals surface area contributed by atoms with Gasteiger partial charge in [-0.1, -0.05) is 0 Å². The number of nitrogens with zero attached hydrogens (tertiary/aromatic N) is 2. The molecule has 2 aliphatic rings. The number of sulfonamides is 1. The lowest BCUT2D eigenvalue weighted by molar-refractivity contribution is 0.0540. The van der Waals surface area contributed by atoms with Crippen LogP contribution in [0.1, 0.15) is 23.2 Å². The molecule has 1 aromatic carbocycles. The van der Waals surface area contributed by atoms with E-state index in [0.717, 1.165) is 12.8 Å². The van der Waals surface area contributed by atoms with Gasteiger partial charge in [0.25, 0.3) is 5.91 Å². The van der Waals surface area contributed by atoms with Crippen LogP contribution >= 0.6 is 0 Å². The summed E-state index contributed by atoms with van der Waals surface area (Å²) in [7, 11) is -3.44. The second-order valence-corrected chi connectivity index (χ2v) is 8.95. The molecule has 0 spiro atoms. The summed E-state index contributed by atoms with van der Waals surface area (Å²) in [5.74, 6) is -0.855. The highest BCUT2D eigenvalue weighted by atomic mass is 32.2. The van der Waals surface area contributed by atoms with Gasteiger partial charge < -0.3 is 15.0 Å². The predicted molar refractivity (Wildman–Crippen MR) is 99.5 cm³/mol. The number of carbonyl (C=O) groups is 1. The third-order valence-corrected chi connectivity index (χ3v) is 6.77. The first-order valence-corrected chi connectivity index (χ1v) is 10.9. The highest BCUT2D eigenvalue weighted by molar-refractivity contribution is 7.89. The van der Waals surface area contributed by atoms with E-state index in [1.54, 1.807) is 0 Å². The molecule has 27 heavy (non-hydrogen) atoms. The lowest BCUT2D eigenvalue weighted by Gasteiger charge is -2.29. The number of amides is 1. The van der Waals surface area contributed by atoms with Crippen molar-refractivity contribution in [2.24, 2.45) is 0 Å². The number of benzene rings is 1. The summed E-state index contributed by atoms with van der Waals surface area (Å²) in [6.07, 6.45) is 1.69. The summed E-state index contributed by atoms with van der Waals surface area (Å²) in [5, 5.41) is 3.13. The molecule has 1 atom stereocenters. The molecule has 0 unspecified atom stereocenters. The van der Waals surface area contributed by atoms with E-state index in [1.807, 2.05) is 0 Å². The highest BCUT2D eigenvalue weighted by Crippen LogP contribution is 2.16. The van der Waals surface area contributed by atoms with Gasteiger partial charge in [-0.2, -0.15) is 4.31 Å². The van der Waals surface area contributed by atoms with Gasteiger partial charge >= 0.3 is 0 Å². The average Bonchev–Trinajstić information content (AvgIpc) is 3.19. The standard InChI is InChI=1S/C18H26FN3O4S/c19-16-5-3-15(4-6-16)18(23)21(14-17-2-1-12-26-17)11-13-27(24,25)22-9-7-20-8-10-22/h3-6,17,20H,1-2,7-14H2/t17-/m1/s1. The van der Waals surface area contributed by atoms with Gasteiger partial charge in [-0.25, -0.2) is 12.8 Å². The molecule has 0 aromatic heterocycles. The summed E-state index contributed by atoms with van der Waals surface area (Å²) >= 11 is 0. The van der Waals surface area contributed by atoms with Gasteiger partial charge in [-0.05, 0) is 37.1 Å². The minimum Gasteiger partial charge on any atom is -0.376 e. The molecular weight excluding hydrogens is 373 g/mol. The molecule has 1 amide bonds. The van der Waals surface area contributed by atoms with Crippen molar-refractivity contribution in [1.29, 1.82) is 0 Å². The lowest BCUT2D eigenvalue weighted by Crippen LogP contribution is -2.49. The van der Waals surface area contributed by atoms with E-state index in [1.165, 1.54) is 33.5 Å². The van der Waals surface area contributed by atoms with Gasteiger partial charge in [-0.3, -0.25) is 4.79 Å². The van der Waals surface area contributed by atoms with Crippen molar-refractivity contribution in [3.8, 4) is 0 Å². The fourth-order valence-corrected chi connectivity index (χ4v) is 4.81. The van der Waals surface area contributed by atoms with Gasteiger partial charge in [0.15, 0.2) is 0 Å². The smallest absolute Gasteiger partial charge is 0.253 e. The van der Waals surface area contributed by atoms with Gasteiger partial charge in [-0.15, -0.1) is 0 Å². The zero-order chi connectivity index (χ0) is 19.3. The Morgan fingerprint density at radius 1 is 1.26 bits per heavy atom. The van der Waals surface area contributed by atoms with Crippen molar-refractivity contribution in [3.05, 3.63) is 35.6 Å². The Balaban J connectivity index is 1.69. The van der Waals surface area contributed by atoms with E-state index in [4.69, 9.17) is 4.74 Å². The van der Waals surface area contributed by atoms with Gasteiger partial charge in [0.2, 0.25) is 10.0 Å². The molecule has 0 aliphatic carbocycles. The first-order chi connectivity index (χ1) is 13.0. The second kappa shape index (κ2) is 9.09. The Labute approximate surface area is 159 Å².